The summed E-state index contributed by atoms with van der Waals surface area (Å²) in [5.41, 5.74) is 2.19. The van der Waals surface area contributed by atoms with E-state index in [4.69, 9.17) is 0 Å². The number of rotatable bonds is 5. The summed E-state index contributed by atoms with van der Waals surface area (Å²) in [5.74, 6) is -0.905. The van der Waals surface area contributed by atoms with E-state index in [9.17, 15) is 18.4 Å². The number of carbonyl (C=O) groups is 2. The second-order valence-corrected chi connectivity index (χ2v) is 9.12. The summed E-state index contributed by atoms with van der Waals surface area (Å²) in [5, 5.41) is 2.90. The lowest BCUT2D eigenvalue weighted by atomic mass is 9.86. The lowest BCUT2D eigenvalue weighted by molar-refractivity contribution is -0.142. The van der Waals surface area contributed by atoms with E-state index in [-0.39, 0.29) is 47.9 Å². The molecule has 4 nitrogen and oxygen atoms in total. The number of hydrogen-bond donors (Lipinski definition) is 1. The van der Waals surface area contributed by atoms with Gasteiger partial charge in [0.15, 0.2) is 0 Å². The van der Waals surface area contributed by atoms with Crippen molar-refractivity contribution in [2.75, 3.05) is 6.54 Å². The first-order chi connectivity index (χ1) is 15.4. The topological polar surface area (TPSA) is 49.4 Å². The zero-order valence-electron chi connectivity index (χ0n) is 18.4. The Balaban J connectivity index is 1.49. The molecule has 2 aliphatic rings. The van der Waals surface area contributed by atoms with E-state index in [0.29, 0.717) is 30.5 Å². The number of carbonyl (C=O) groups excluding carboxylic acids is 2. The van der Waals surface area contributed by atoms with Crippen LogP contribution in [0.5, 0.6) is 0 Å². The fraction of sp³-hybridized carbons (Fsp3) is 0.462. The molecule has 0 aromatic heterocycles. The van der Waals surface area contributed by atoms with Gasteiger partial charge < -0.3 is 10.2 Å². The molecule has 32 heavy (non-hydrogen) atoms. The smallest absolute Gasteiger partial charge is 0.226 e. The monoisotopic (exact) mass is 440 g/mol. The predicted octanol–water partition coefficient (Wildman–Crippen LogP) is 5.06. The van der Waals surface area contributed by atoms with E-state index in [1.807, 2.05) is 11.0 Å². The zero-order chi connectivity index (χ0) is 22.7. The minimum absolute atomic E-state index is 0.00755. The number of amides is 2. The van der Waals surface area contributed by atoms with Gasteiger partial charge in [0.1, 0.15) is 11.6 Å². The molecule has 6 heteroatoms. The van der Waals surface area contributed by atoms with Crippen molar-refractivity contribution < 1.29 is 18.4 Å². The number of likely N-dealkylation sites (tertiary alicyclic amines) is 1. The van der Waals surface area contributed by atoms with Gasteiger partial charge in [-0.2, -0.15) is 0 Å². The zero-order valence-corrected chi connectivity index (χ0v) is 18.4. The molecule has 1 aliphatic heterocycles. The van der Waals surface area contributed by atoms with Gasteiger partial charge in [-0.05, 0) is 67.5 Å². The van der Waals surface area contributed by atoms with Gasteiger partial charge in [0.05, 0.1) is 12.0 Å². The summed E-state index contributed by atoms with van der Waals surface area (Å²) in [7, 11) is 0. The van der Waals surface area contributed by atoms with Gasteiger partial charge >= 0.3 is 0 Å². The standard InChI is InChI=1S/C26H30F2N2O2/c1-17-13-20(9-11-23(17)28)24-12-10-21(16-30(24)26(32)19-6-2-3-7-19)25(31)29-15-18-5-4-8-22(27)14-18/h4-5,8-9,11,13-14,19,21,24H,2-3,6-7,10,12,15-16H2,1H3,(H,29,31)/t21-,24-/m1/s1. The normalized spacial score (nSPS) is 21.5. The molecule has 0 spiro atoms. The number of piperidine rings is 1. The molecule has 2 amide bonds. The van der Waals surface area contributed by atoms with E-state index >= 15 is 0 Å². The van der Waals surface area contributed by atoms with Crippen LogP contribution in [0.1, 0.15) is 61.3 Å². The predicted molar refractivity (Wildman–Crippen MR) is 119 cm³/mol. The number of nitrogens with one attached hydrogen (secondary N) is 1. The second kappa shape index (κ2) is 9.80. The van der Waals surface area contributed by atoms with E-state index in [0.717, 1.165) is 31.2 Å². The Kier molecular flexibility index (Phi) is 6.87. The van der Waals surface area contributed by atoms with E-state index in [1.54, 1.807) is 25.1 Å². The van der Waals surface area contributed by atoms with Crippen LogP contribution in [0.2, 0.25) is 0 Å². The highest BCUT2D eigenvalue weighted by atomic mass is 19.1. The highest BCUT2D eigenvalue weighted by molar-refractivity contribution is 5.83. The van der Waals surface area contributed by atoms with Crippen molar-refractivity contribution in [2.24, 2.45) is 11.8 Å². The van der Waals surface area contributed by atoms with Crippen LogP contribution in [0.15, 0.2) is 42.5 Å². The SMILES string of the molecule is Cc1cc([C@H]2CC[C@@H](C(=O)NCc3cccc(F)c3)CN2C(=O)C2CCCC2)ccc1F. The lowest BCUT2D eigenvalue weighted by Crippen LogP contribution is -2.48. The molecule has 0 unspecified atom stereocenters. The molecular formula is C26H30F2N2O2. The van der Waals surface area contributed by atoms with Gasteiger partial charge in [0, 0.05) is 19.0 Å². The Morgan fingerprint density at radius 2 is 1.78 bits per heavy atom. The van der Waals surface area contributed by atoms with Crippen molar-refractivity contribution in [2.45, 2.75) is 58.0 Å². The fourth-order valence-electron chi connectivity index (χ4n) is 5.04. The van der Waals surface area contributed by atoms with E-state index in [2.05, 4.69) is 5.32 Å². The van der Waals surface area contributed by atoms with E-state index < -0.39 is 0 Å². The van der Waals surface area contributed by atoms with Crippen molar-refractivity contribution in [3.63, 3.8) is 0 Å². The molecule has 2 aromatic rings. The van der Waals surface area contributed by atoms with Crippen molar-refractivity contribution in [1.29, 1.82) is 0 Å². The fourth-order valence-corrected chi connectivity index (χ4v) is 5.04. The maximum absolute atomic E-state index is 13.8. The minimum Gasteiger partial charge on any atom is -0.352 e. The number of halogens is 2. The van der Waals surface area contributed by atoms with E-state index in [1.165, 1.54) is 18.2 Å². The Morgan fingerprint density at radius 3 is 2.50 bits per heavy atom. The number of aryl methyl sites for hydroxylation is 1. The third-order valence-corrected chi connectivity index (χ3v) is 6.86. The summed E-state index contributed by atoms with van der Waals surface area (Å²) < 4.78 is 27.2. The molecule has 170 valence electrons. The van der Waals surface area contributed by atoms with Crippen LogP contribution in [0.25, 0.3) is 0 Å². The molecule has 1 heterocycles. The third-order valence-electron chi connectivity index (χ3n) is 6.86. The van der Waals surface area contributed by atoms with Crippen LogP contribution in [-0.2, 0) is 16.1 Å². The first-order valence-electron chi connectivity index (χ1n) is 11.5. The van der Waals surface area contributed by atoms with Crippen LogP contribution >= 0.6 is 0 Å². The van der Waals surface area contributed by atoms with Gasteiger partial charge in [-0.15, -0.1) is 0 Å². The van der Waals surface area contributed by atoms with Crippen LogP contribution in [0.4, 0.5) is 8.78 Å². The van der Waals surface area contributed by atoms with Crippen LogP contribution in [0.3, 0.4) is 0 Å². The molecule has 0 radical (unpaired) electrons. The number of nitrogens with zero attached hydrogens (tertiary/aromatic N) is 1. The Morgan fingerprint density at radius 1 is 1.00 bits per heavy atom. The molecule has 4 rings (SSSR count). The molecule has 2 aromatic carbocycles. The summed E-state index contributed by atoms with van der Waals surface area (Å²) in [4.78, 5) is 28.2. The van der Waals surface area contributed by atoms with Gasteiger partial charge in [0.2, 0.25) is 11.8 Å². The molecular weight excluding hydrogens is 410 g/mol. The average molecular weight is 441 g/mol. The first kappa shape index (κ1) is 22.4. The Hall–Kier alpha value is -2.76. The summed E-state index contributed by atoms with van der Waals surface area (Å²) in [6.45, 7) is 2.34. The van der Waals surface area contributed by atoms with Crippen LogP contribution in [0, 0.1) is 30.4 Å². The quantitative estimate of drug-likeness (QED) is 0.707. The summed E-state index contributed by atoms with van der Waals surface area (Å²) >= 11 is 0. The molecule has 1 saturated carbocycles. The molecule has 0 bridgehead atoms. The molecule has 1 saturated heterocycles. The highest BCUT2D eigenvalue weighted by Crippen LogP contribution is 2.37. The number of benzene rings is 2. The van der Waals surface area contributed by atoms with Crippen LogP contribution < -0.4 is 5.32 Å². The van der Waals surface area contributed by atoms with Gasteiger partial charge in [-0.1, -0.05) is 37.1 Å². The maximum Gasteiger partial charge on any atom is 0.226 e. The molecule has 1 aliphatic carbocycles. The average Bonchev–Trinajstić information content (AvgIpc) is 3.33. The highest BCUT2D eigenvalue weighted by Gasteiger charge is 2.38. The van der Waals surface area contributed by atoms with Gasteiger partial charge in [-0.25, -0.2) is 8.78 Å². The second-order valence-electron chi connectivity index (χ2n) is 9.12. The molecule has 2 fully saturated rings. The Labute approximate surface area is 188 Å². The first-order valence-corrected chi connectivity index (χ1v) is 11.5. The largest absolute Gasteiger partial charge is 0.352 e. The van der Waals surface area contributed by atoms with Crippen molar-refractivity contribution in [3.05, 3.63) is 70.8 Å². The van der Waals surface area contributed by atoms with Crippen molar-refractivity contribution in [1.82, 2.24) is 10.2 Å². The molecule has 1 N–H and O–H groups in total. The Bertz CT molecular complexity index is 988. The van der Waals surface area contributed by atoms with Crippen molar-refractivity contribution >= 4 is 11.8 Å². The number of hydrogen-bond acceptors (Lipinski definition) is 2. The van der Waals surface area contributed by atoms with Crippen LogP contribution in [-0.4, -0.2) is 23.3 Å². The summed E-state index contributed by atoms with van der Waals surface area (Å²) in [6.07, 6.45) is 5.19. The maximum atomic E-state index is 13.8. The van der Waals surface area contributed by atoms with Gasteiger partial charge in [-0.3, -0.25) is 9.59 Å². The summed E-state index contributed by atoms with van der Waals surface area (Å²) in [6, 6.07) is 11.1. The van der Waals surface area contributed by atoms with Gasteiger partial charge in [0.25, 0.3) is 0 Å². The molecule has 2 atom stereocenters. The third kappa shape index (κ3) is 5.00. The lowest BCUT2D eigenvalue weighted by Gasteiger charge is -2.41. The minimum atomic E-state index is -0.333. The van der Waals surface area contributed by atoms with Crippen molar-refractivity contribution in [3.8, 4) is 0 Å².